The highest BCUT2D eigenvalue weighted by Gasteiger charge is 2.49. The Labute approximate surface area is 105 Å². The predicted octanol–water partition coefficient (Wildman–Crippen LogP) is 4.85. The van der Waals surface area contributed by atoms with Crippen LogP contribution in [0.4, 0.5) is 0 Å². The van der Waals surface area contributed by atoms with E-state index in [4.69, 9.17) is 0 Å². The Balaban J connectivity index is 2.17. The third kappa shape index (κ3) is 1.36. The van der Waals surface area contributed by atoms with Crippen molar-refractivity contribution in [2.75, 3.05) is 0 Å². The van der Waals surface area contributed by atoms with Gasteiger partial charge < -0.3 is 0 Å². The van der Waals surface area contributed by atoms with E-state index in [1.54, 1.807) is 16.7 Å². The van der Waals surface area contributed by atoms with Crippen molar-refractivity contribution < 1.29 is 0 Å². The lowest BCUT2D eigenvalue weighted by molar-refractivity contribution is 0.164. The van der Waals surface area contributed by atoms with Crippen molar-refractivity contribution in [3.8, 4) is 0 Å². The van der Waals surface area contributed by atoms with Crippen LogP contribution in [0.2, 0.25) is 0 Å². The summed E-state index contributed by atoms with van der Waals surface area (Å²) in [6, 6.07) is 11.2. The fraction of sp³-hybridized carbons (Fsp3) is 0.529. The maximum atomic E-state index is 2.46. The van der Waals surface area contributed by atoms with Crippen molar-refractivity contribution in [1.29, 1.82) is 0 Å². The van der Waals surface area contributed by atoms with Gasteiger partial charge in [0, 0.05) is 5.41 Å². The van der Waals surface area contributed by atoms with Crippen molar-refractivity contribution in [1.82, 2.24) is 0 Å². The van der Waals surface area contributed by atoms with Crippen molar-refractivity contribution in [3.63, 3.8) is 0 Å². The number of fused-ring (bicyclic) bond motifs is 2. The minimum absolute atomic E-state index is 0.364. The average molecular weight is 226 g/mol. The van der Waals surface area contributed by atoms with Gasteiger partial charge in [-0.3, -0.25) is 0 Å². The molecule has 0 N–H and O–H groups in total. The molecule has 4 rings (SSSR count). The molecule has 2 bridgehead atoms. The molecule has 0 unspecified atom stereocenters. The van der Waals surface area contributed by atoms with Crippen LogP contribution in [0, 0.1) is 5.41 Å². The zero-order valence-corrected chi connectivity index (χ0v) is 11.2. The fourth-order valence-corrected chi connectivity index (χ4v) is 4.05. The summed E-state index contributed by atoms with van der Waals surface area (Å²) in [5.41, 5.74) is 5.73. The lowest BCUT2D eigenvalue weighted by Crippen LogP contribution is -2.44. The first-order valence-electron chi connectivity index (χ1n) is 6.82. The summed E-state index contributed by atoms with van der Waals surface area (Å²) in [7, 11) is 0. The zero-order valence-electron chi connectivity index (χ0n) is 11.2. The average Bonchev–Trinajstić information content (AvgIpc) is 2.38. The molecule has 0 amide bonds. The molecule has 0 spiro atoms. The number of rotatable bonds is 1. The Morgan fingerprint density at radius 3 is 2.00 bits per heavy atom. The van der Waals surface area contributed by atoms with Gasteiger partial charge in [0.25, 0.3) is 0 Å². The topological polar surface area (TPSA) is 0 Å². The molecule has 3 aliphatic rings. The van der Waals surface area contributed by atoms with Crippen LogP contribution in [0.1, 0.15) is 52.0 Å². The molecule has 0 nitrogen and oxygen atoms in total. The minimum Gasteiger partial charge on any atom is -0.0676 e. The molecule has 90 valence electrons. The molecule has 0 aliphatic heterocycles. The highest BCUT2D eigenvalue weighted by molar-refractivity contribution is 5.44. The van der Waals surface area contributed by atoms with E-state index in [1.807, 2.05) is 0 Å². The third-order valence-electron chi connectivity index (χ3n) is 5.72. The van der Waals surface area contributed by atoms with Crippen LogP contribution < -0.4 is 0 Å². The SMILES string of the molecule is CC1=C(C)C2(c3ccccc3)CCC1(C)CC2. The Bertz CT molecular complexity index is 456. The Morgan fingerprint density at radius 2 is 1.41 bits per heavy atom. The normalized spacial score (nSPS) is 36.4. The quantitative estimate of drug-likeness (QED) is 0.600. The molecule has 1 aromatic carbocycles. The largest absolute Gasteiger partial charge is 0.0676 e. The smallest absolute Gasteiger partial charge is 0.0162 e. The molecule has 0 heterocycles. The van der Waals surface area contributed by atoms with E-state index >= 15 is 0 Å². The van der Waals surface area contributed by atoms with Gasteiger partial charge in [0.15, 0.2) is 0 Å². The summed E-state index contributed by atoms with van der Waals surface area (Å²) in [6.07, 6.45) is 5.42. The summed E-state index contributed by atoms with van der Waals surface area (Å²) in [5.74, 6) is 0. The molecule has 1 saturated carbocycles. The Kier molecular flexibility index (Phi) is 2.26. The summed E-state index contributed by atoms with van der Waals surface area (Å²) >= 11 is 0. The maximum Gasteiger partial charge on any atom is 0.0162 e. The Morgan fingerprint density at radius 1 is 0.824 bits per heavy atom. The van der Waals surface area contributed by atoms with Gasteiger partial charge in [-0.1, -0.05) is 48.4 Å². The second kappa shape index (κ2) is 3.48. The van der Waals surface area contributed by atoms with Crippen molar-refractivity contribution in [3.05, 3.63) is 47.0 Å². The monoisotopic (exact) mass is 226 g/mol. The van der Waals surface area contributed by atoms with Gasteiger partial charge in [0.05, 0.1) is 0 Å². The van der Waals surface area contributed by atoms with Crippen LogP contribution in [0.25, 0.3) is 0 Å². The van der Waals surface area contributed by atoms with E-state index in [0.29, 0.717) is 10.8 Å². The number of hydrogen-bond acceptors (Lipinski definition) is 0. The summed E-state index contributed by atoms with van der Waals surface area (Å²) < 4.78 is 0. The van der Waals surface area contributed by atoms with Gasteiger partial charge in [-0.2, -0.15) is 0 Å². The minimum atomic E-state index is 0.364. The summed E-state index contributed by atoms with van der Waals surface area (Å²) in [5, 5.41) is 0. The zero-order chi connectivity index (χ0) is 12.1. The maximum absolute atomic E-state index is 2.46. The van der Waals surface area contributed by atoms with Crippen LogP contribution in [-0.2, 0) is 5.41 Å². The molecule has 17 heavy (non-hydrogen) atoms. The first-order valence-corrected chi connectivity index (χ1v) is 6.82. The first-order chi connectivity index (χ1) is 8.08. The lowest BCUT2D eigenvalue weighted by Gasteiger charge is -2.54. The van der Waals surface area contributed by atoms with E-state index in [2.05, 4.69) is 51.1 Å². The molecule has 0 radical (unpaired) electrons. The first kappa shape index (κ1) is 11.1. The number of hydrogen-bond donors (Lipinski definition) is 0. The summed E-state index contributed by atoms with van der Waals surface area (Å²) in [6.45, 7) is 7.20. The van der Waals surface area contributed by atoms with Crippen molar-refractivity contribution in [2.24, 2.45) is 5.41 Å². The molecule has 0 aromatic heterocycles. The molecular formula is C17H22. The van der Waals surface area contributed by atoms with Crippen LogP contribution in [0.3, 0.4) is 0 Å². The lowest BCUT2D eigenvalue weighted by atomic mass is 9.51. The van der Waals surface area contributed by atoms with Gasteiger partial charge in [-0.25, -0.2) is 0 Å². The van der Waals surface area contributed by atoms with Gasteiger partial charge >= 0.3 is 0 Å². The van der Waals surface area contributed by atoms with Crippen LogP contribution >= 0.6 is 0 Å². The van der Waals surface area contributed by atoms with Crippen molar-refractivity contribution in [2.45, 2.75) is 51.9 Å². The van der Waals surface area contributed by atoms with Gasteiger partial charge in [-0.05, 0) is 50.5 Å². The molecule has 0 saturated heterocycles. The number of allylic oxidation sites excluding steroid dienone is 2. The molecule has 0 heteroatoms. The van der Waals surface area contributed by atoms with E-state index < -0.39 is 0 Å². The molecule has 0 atom stereocenters. The van der Waals surface area contributed by atoms with Gasteiger partial charge in [0.1, 0.15) is 0 Å². The molecule has 1 aromatic rings. The third-order valence-corrected chi connectivity index (χ3v) is 5.72. The predicted molar refractivity (Wildman–Crippen MR) is 73.1 cm³/mol. The highest BCUT2D eigenvalue weighted by atomic mass is 14.5. The number of benzene rings is 1. The van der Waals surface area contributed by atoms with E-state index in [1.165, 1.54) is 25.7 Å². The second-order valence-electron chi connectivity index (χ2n) is 6.26. The van der Waals surface area contributed by atoms with Gasteiger partial charge in [0.2, 0.25) is 0 Å². The standard InChI is InChI=1S/C17H22/c1-13-14(2)17(15-7-5-4-6-8-15)11-9-16(13,3)10-12-17/h4-8H,9-12H2,1-3H3. The van der Waals surface area contributed by atoms with Crippen molar-refractivity contribution >= 4 is 0 Å². The van der Waals surface area contributed by atoms with Crippen LogP contribution in [0.15, 0.2) is 41.5 Å². The molecular weight excluding hydrogens is 204 g/mol. The van der Waals surface area contributed by atoms with Gasteiger partial charge in [-0.15, -0.1) is 0 Å². The van der Waals surface area contributed by atoms with Crippen LogP contribution in [0.5, 0.6) is 0 Å². The fourth-order valence-electron chi connectivity index (χ4n) is 4.05. The van der Waals surface area contributed by atoms with Crippen LogP contribution in [-0.4, -0.2) is 0 Å². The van der Waals surface area contributed by atoms with E-state index in [9.17, 15) is 0 Å². The molecule has 1 fully saturated rings. The van der Waals surface area contributed by atoms with E-state index in [-0.39, 0.29) is 0 Å². The second-order valence-corrected chi connectivity index (χ2v) is 6.26. The highest BCUT2D eigenvalue weighted by Crippen LogP contribution is 2.59. The van der Waals surface area contributed by atoms with E-state index in [0.717, 1.165) is 0 Å². The summed E-state index contributed by atoms with van der Waals surface area (Å²) in [4.78, 5) is 0. The Hall–Kier alpha value is -1.04. The molecule has 3 aliphatic carbocycles.